The second-order valence-corrected chi connectivity index (χ2v) is 5.14. The maximum Gasteiger partial charge on any atom is 0.341 e. The fourth-order valence-electron chi connectivity index (χ4n) is 1.77. The molecule has 0 saturated heterocycles. The number of rotatable bonds is 4. The summed E-state index contributed by atoms with van der Waals surface area (Å²) in [5, 5.41) is 6.31. The van der Waals surface area contributed by atoms with Gasteiger partial charge in [-0.15, -0.1) is 4.91 Å². The number of carbonyl (C=O) groups excluding carboxylic acids is 1. The summed E-state index contributed by atoms with van der Waals surface area (Å²) in [6.45, 7) is 3.98. The van der Waals surface area contributed by atoms with Gasteiger partial charge in [0.15, 0.2) is 0 Å². The Morgan fingerprint density at radius 1 is 1.47 bits per heavy atom. The minimum Gasteiger partial charge on any atom is -0.241 e. The summed E-state index contributed by atoms with van der Waals surface area (Å²) in [7, 11) is 0. The second-order valence-electron chi connectivity index (χ2n) is 4.11. The van der Waals surface area contributed by atoms with Gasteiger partial charge in [0.25, 0.3) is 0 Å². The number of amides is 1. The Balaban J connectivity index is 2.17. The number of hydrogen-bond donors (Lipinski definition) is 1. The molecular formula is C13H14N3O2S+. The van der Waals surface area contributed by atoms with Gasteiger partial charge in [0, 0.05) is 0 Å². The monoisotopic (exact) mass is 276 g/mol. The van der Waals surface area contributed by atoms with Crippen LogP contribution in [0.4, 0.5) is 10.1 Å². The molecule has 0 bridgehead atoms. The maximum absolute atomic E-state index is 12.1. The summed E-state index contributed by atoms with van der Waals surface area (Å²) in [6.07, 6.45) is 2.40. The summed E-state index contributed by atoms with van der Waals surface area (Å²) in [6, 6.07) is 5.76. The van der Waals surface area contributed by atoms with Gasteiger partial charge in [-0.2, -0.15) is 5.32 Å². The molecule has 2 N–H and O–H groups in total. The predicted molar refractivity (Wildman–Crippen MR) is 74.8 cm³/mol. The molecule has 0 aliphatic heterocycles. The summed E-state index contributed by atoms with van der Waals surface area (Å²) >= 11 is 1.10. The zero-order valence-corrected chi connectivity index (χ0v) is 11.5. The zero-order chi connectivity index (χ0) is 13.8. The lowest BCUT2D eigenvalue weighted by Gasteiger charge is -2.03. The number of nitroso groups, excluding NO2 is 1. The Morgan fingerprint density at radius 2 is 2.26 bits per heavy atom. The number of benzene rings is 1. The van der Waals surface area contributed by atoms with Crippen molar-refractivity contribution < 1.29 is 9.78 Å². The first-order valence-electron chi connectivity index (χ1n) is 5.89. The van der Waals surface area contributed by atoms with Gasteiger partial charge < -0.3 is 0 Å². The highest BCUT2D eigenvalue weighted by Crippen LogP contribution is 2.23. The molecule has 0 radical (unpaired) electrons. The molecule has 0 aliphatic carbocycles. The minimum atomic E-state index is -0.198. The van der Waals surface area contributed by atoms with Crippen molar-refractivity contribution in [2.75, 3.05) is 5.32 Å². The molecule has 0 aliphatic rings. The third kappa shape index (κ3) is 3.03. The van der Waals surface area contributed by atoms with E-state index in [4.69, 9.17) is 0 Å². The zero-order valence-electron chi connectivity index (χ0n) is 10.7. The van der Waals surface area contributed by atoms with Crippen LogP contribution in [0.5, 0.6) is 0 Å². The Morgan fingerprint density at radius 3 is 2.84 bits per heavy atom. The van der Waals surface area contributed by atoms with E-state index in [-0.39, 0.29) is 5.91 Å². The number of aromatic nitrogens is 1. The topological polar surface area (TPSA) is 72.7 Å². The second kappa shape index (κ2) is 5.71. The van der Waals surface area contributed by atoms with E-state index in [1.54, 1.807) is 0 Å². The Hall–Kier alpha value is -2.08. The van der Waals surface area contributed by atoms with Crippen molar-refractivity contribution in [1.82, 2.24) is 0 Å². The van der Waals surface area contributed by atoms with Crippen LogP contribution in [-0.2, 0) is 6.42 Å². The highest BCUT2D eigenvalue weighted by atomic mass is 32.1. The molecule has 1 aromatic heterocycles. The van der Waals surface area contributed by atoms with E-state index in [1.165, 1.54) is 11.8 Å². The van der Waals surface area contributed by atoms with Crippen molar-refractivity contribution in [1.29, 1.82) is 0 Å². The fourth-order valence-corrected chi connectivity index (χ4v) is 2.39. The number of carbonyl (C=O) groups is 1. The molecule has 1 amide bonds. The van der Waals surface area contributed by atoms with Gasteiger partial charge in [-0.1, -0.05) is 19.1 Å². The molecule has 5 nitrogen and oxygen atoms in total. The van der Waals surface area contributed by atoms with Crippen molar-refractivity contribution in [2.45, 2.75) is 20.3 Å². The van der Waals surface area contributed by atoms with Gasteiger partial charge >= 0.3 is 11.0 Å². The van der Waals surface area contributed by atoms with Gasteiger partial charge in [-0.25, -0.2) is 9.78 Å². The Kier molecular flexibility index (Phi) is 4.01. The van der Waals surface area contributed by atoms with Gasteiger partial charge in [0.1, 0.15) is 6.20 Å². The molecule has 2 rings (SSSR count). The molecule has 0 unspecified atom stereocenters. The highest BCUT2D eigenvalue weighted by molar-refractivity contribution is 7.18. The van der Waals surface area contributed by atoms with E-state index in [1.807, 2.05) is 25.1 Å². The van der Waals surface area contributed by atoms with Gasteiger partial charge in [-0.3, -0.25) is 0 Å². The lowest BCUT2D eigenvalue weighted by molar-refractivity contribution is -0.353. The normalized spacial score (nSPS) is 10.2. The smallest absolute Gasteiger partial charge is 0.241 e. The number of hydrogen-bond acceptors (Lipinski definition) is 4. The van der Waals surface area contributed by atoms with Crippen LogP contribution in [-0.4, -0.2) is 5.91 Å². The van der Waals surface area contributed by atoms with E-state index in [0.717, 1.165) is 23.3 Å². The third-order valence-corrected chi connectivity index (χ3v) is 3.62. The quantitative estimate of drug-likeness (QED) is 0.871. The number of thiazole rings is 1. The molecule has 0 atom stereocenters. The number of nitrogens with zero attached hydrogens (tertiary/aromatic N) is 1. The van der Waals surface area contributed by atoms with Crippen LogP contribution in [0.15, 0.2) is 29.6 Å². The van der Waals surface area contributed by atoms with E-state index in [9.17, 15) is 9.70 Å². The van der Waals surface area contributed by atoms with Crippen molar-refractivity contribution >= 4 is 27.4 Å². The van der Waals surface area contributed by atoms with Crippen molar-refractivity contribution in [3.05, 3.63) is 46.0 Å². The number of H-pyrrole nitrogens is 1. The Bertz CT molecular complexity index is 622. The molecule has 0 fully saturated rings. The summed E-state index contributed by atoms with van der Waals surface area (Å²) in [5.74, 6) is -0.198. The number of nitrogens with one attached hydrogen (secondary N) is 2. The lowest BCUT2D eigenvalue weighted by atomic mass is 10.0. The van der Waals surface area contributed by atoms with E-state index < -0.39 is 0 Å². The van der Waals surface area contributed by atoms with Crippen LogP contribution in [0.25, 0.3) is 0 Å². The average molecular weight is 276 g/mol. The van der Waals surface area contributed by atoms with Crippen molar-refractivity contribution in [3.63, 3.8) is 0 Å². The van der Waals surface area contributed by atoms with Gasteiger partial charge in [-0.05, 0) is 47.1 Å². The number of anilines is 1. The standard InChI is InChI=1S/C13H13N3O2S/c1-3-9-4-5-10(8(2)6-9)12(17)15-13-14-7-11(16-18)19-13/h4-7H,3H2,1-2H3,(H,14,15,17)/p+1. The average Bonchev–Trinajstić information content (AvgIpc) is 2.86. The van der Waals surface area contributed by atoms with Crippen molar-refractivity contribution in [2.24, 2.45) is 5.18 Å². The van der Waals surface area contributed by atoms with Crippen LogP contribution < -0.4 is 10.3 Å². The van der Waals surface area contributed by atoms with Gasteiger partial charge in [0.05, 0.1) is 5.56 Å². The lowest BCUT2D eigenvalue weighted by Crippen LogP contribution is -2.17. The SMILES string of the molecule is CCc1ccc(C(=O)Nc2[nH+]cc(N=O)s2)c(C)c1. The fraction of sp³-hybridized carbons (Fsp3) is 0.231. The number of aryl methyl sites for hydroxylation is 2. The van der Waals surface area contributed by atoms with Crippen LogP contribution >= 0.6 is 11.3 Å². The summed E-state index contributed by atoms with van der Waals surface area (Å²) in [5.41, 5.74) is 2.76. The van der Waals surface area contributed by atoms with Crippen LogP contribution in [0.1, 0.15) is 28.4 Å². The van der Waals surface area contributed by atoms with E-state index in [0.29, 0.717) is 15.7 Å². The minimum absolute atomic E-state index is 0.198. The first-order chi connectivity index (χ1) is 9.13. The van der Waals surface area contributed by atoms with Crippen LogP contribution in [0.2, 0.25) is 0 Å². The predicted octanol–water partition coefficient (Wildman–Crippen LogP) is 3.08. The van der Waals surface area contributed by atoms with Crippen LogP contribution in [0.3, 0.4) is 0 Å². The van der Waals surface area contributed by atoms with E-state index in [2.05, 4.69) is 22.4 Å². The number of aromatic amines is 1. The molecular weight excluding hydrogens is 262 g/mol. The Labute approximate surface area is 114 Å². The van der Waals surface area contributed by atoms with Crippen molar-refractivity contribution in [3.8, 4) is 0 Å². The molecule has 19 heavy (non-hydrogen) atoms. The molecule has 6 heteroatoms. The molecule has 1 heterocycles. The molecule has 0 spiro atoms. The summed E-state index contributed by atoms with van der Waals surface area (Å²) in [4.78, 5) is 25.2. The van der Waals surface area contributed by atoms with E-state index >= 15 is 0 Å². The van der Waals surface area contributed by atoms with Gasteiger partial charge in [0.2, 0.25) is 5.00 Å². The molecule has 98 valence electrons. The third-order valence-electron chi connectivity index (χ3n) is 2.79. The first kappa shape index (κ1) is 13.4. The highest BCUT2D eigenvalue weighted by Gasteiger charge is 2.17. The molecule has 0 saturated carbocycles. The first-order valence-corrected chi connectivity index (χ1v) is 6.71. The van der Waals surface area contributed by atoms with Crippen LogP contribution in [0, 0.1) is 11.8 Å². The molecule has 2 aromatic rings. The maximum atomic E-state index is 12.1. The molecule has 1 aromatic carbocycles. The largest absolute Gasteiger partial charge is 0.341 e. The summed E-state index contributed by atoms with van der Waals surface area (Å²) < 4.78 is 0.